The highest BCUT2D eigenvalue weighted by Crippen LogP contribution is 2.26. The van der Waals surface area contributed by atoms with Gasteiger partial charge in [-0.2, -0.15) is 0 Å². The summed E-state index contributed by atoms with van der Waals surface area (Å²) in [5, 5.41) is 2.67. The highest BCUT2D eigenvalue weighted by Gasteiger charge is 2.34. The Hall–Kier alpha value is -0.760. The fourth-order valence-corrected chi connectivity index (χ4v) is 2.04. The number of halogens is 2. The maximum Gasteiger partial charge on any atom is 0.237 e. The largest absolute Gasteiger partial charge is 0.392 e. The van der Waals surface area contributed by atoms with Crippen LogP contribution in [0.4, 0.5) is 10.1 Å². The molecule has 18 heavy (non-hydrogen) atoms. The van der Waals surface area contributed by atoms with E-state index in [1.54, 1.807) is 13.0 Å². The third-order valence-corrected chi connectivity index (χ3v) is 4.50. The maximum atomic E-state index is 13.4. The van der Waals surface area contributed by atoms with Gasteiger partial charge in [0.25, 0.3) is 0 Å². The molecule has 1 aromatic rings. The number of hydrogen-bond donors (Lipinski definition) is 2. The Morgan fingerprint density at radius 1 is 1.61 bits per heavy atom. The first-order chi connectivity index (χ1) is 8.32. The molecule has 0 aliphatic carbocycles. The van der Waals surface area contributed by atoms with Crippen molar-refractivity contribution in [1.82, 2.24) is 0 Å². The van der Waals surface area contributed by atoms with Crippen LogP contribution in [0.3, 0.4) is 0 Å². The van der Waals surface area contributed by atoms with E-state index in [9.17, 15) is 9.18 Å². The molecule has 1 rings (SSSR count). The Morgan fingerprint density at radius 2 is 2.22 bits per heavy atom. The molecule has 0 fully saturated rings. The van der Waals surface area contributed by atoms with Crippen molar-refractivity contribution in [3.8, 4) is 0 Å². The lowest BCUT2D eigenvalue weighted by Crippen LogP contribution is -2.43. The average Bonchev–Trinajstić information content (AvgIpc) is 2.33. The Bertz CT molecular complexity index is 495. The molecule has 0 spiro atoms. The van der Waals surface area contributed by atoms with Crippen LogP contribution in [0.1, 0.15) is 20.3 Å². The standard InChI is InChI=1S/C12H14FIN2OS/c1-3-12(2,10(15)18)11(17)16-8-6-4-5-7(13)9(8)14/h4-6H,3H2,1-2H3,(H2,15,18)(H,16,17). The number of amides is 1. The van der Waals surface area contributed by atoms with Gasteiger partial charge in [0.2, 0.25) is 5.91 Å². The zero-order valence-electron chi connectivity index (χ0n) is 10.1. The second-order valence-electron chi connectivity index (χ2n) is 4.11. The van der Waals surface area contributed by atoms with E-state index in [0.717, 1.165) is 0 Å². The summed E-state index contributed by atoms with van der Waals surface area (Å²) in [5.41, 5.74) is 5.10. The lowest BCUT2D eigenvalue weighted by molar-refractivity contribution is -0.121. The Kier molecular flexibility index (Phi) is 5.03. The zero-order chi connectivity index (χ0) is 13.9. The first-order valence-electron chi connectivity index (χ1n) is 5.38. The minimum atomic E-state index is -0.926. The average molecular weight is 380 g/mol. The van der Waals surface area contributed by atoms with Gasteiger partial charge in [-0.1, -0.05) is 25.2 Å². The summed E-state index contributed by atoms with van der Waals surface area (Å²) >= 11 is 6.76. The maximum absolute atomic E-state index is 13.4. The van der Waals surface area contributed by atoms with Gasteiger partial charge in [-0.05, 0) is 48.1 Å². The third kappa shape index (κ3) is 2.97. The lowest BCUT2D eigenvalue weighted by Gasteiger charge is -2.25. The smallest absolute Gasteiger partial charge is 0.237 e. The SMILES string of the molecule is CCC(C)(C(=O)Nc1cccc(F)c1I)C(N)=S. The molecule has 3 nitrogen and oxygen atoms in total. The van der Waals surface area contributed by atoms with Crippen LogP contribution < -0.4 is 11.1 Å². The van der Waals surface area contributed by atoms with Crippen LogP contribution in [0.5, 0.6) is 0 Å². The van der Waals surface area contributed by atoms with Crippen LogP contribution in [0, 0.1) is 14.8 Å². The number of anilines is 1. The summed E-state index contributed by atoms with van der Waals surface area (Å²) in [4.78, 5) is 12.3. The van der Waals surface area contributed by atoms with E-state index in [2.05, 4.69) is 5.32 Å². The Balaban J connectivity index is 3.01. The van der Waals surface area contributed by atoms with E-state index >= 15 is 0 Å². The molecule has 1 amide bonds. The fourth-order valence-electron chi connectivity index (χ4n) is 1.31. The lowest BCUT2D eigenvalue weighted by atomic mass is 9.86. The number of benzene rings is 1. The molecule has 98 valence electrons. The topological polar surface area (TPSA) is 55.1 Å². The molecule has 3 N–H and O–H groups in total. The number of hydrogen-bond acceptors (Lipinski definition) is 2. The van der Waals surface area contributed by atoms with Crippen LogP contribution in [-0.2, 0) is 4.79 Å². The molecular weight excluding hydrogens is 366 g/mol. The summed E-state index contributed by atoms with van der Waals surface area (Å²) in [6.07, 6.45) is 0.486. The van der Waals surface area contributed by atoms with E-state index in [4.69, 9.17) is 18.0 Å². The molecule has 0 aromatic heterocycles. The monoisotopic (exact) mass is 380 g/mol. The van der Waals surface area contributed by atoms with Crippen LogP contribution in [0.15, 0.2) is 18.2 Å². The number of nitrogens with one attached hydrogen (secondary N) is 1. The minimum Gasteiger partial charge on any atom is -0.392 e. The van der Waals surface area contributed by atoms with Gasteiger partial charge < -0.3 is 11.1 Å². The molecule has 0 heterocycles. The predicted octanol–water partition coefficient (Wildman–Crippen LogP) is 3.07. The van der Waals surface area contributed by atoms with Crippen LogP contribution in [0.2, 0.25) is 0 Å². The first-order valence-corrected chi connectivity index (χ1v) is 6.87. The van der Waals surface area contributed by atoms with Crippen molar-refractivity contribution in [2.24, 2.45) is 11.1 Å². The molecule has 0 aliphatic heterocycles. The molecule has 6 heteroatoms. The summed E-state index contributed by atoms with van der Waals surface area (Å²) in [5.74, 6) is -0.692. The number of carbonyl (C=O) groups is 1. The molecule has 0 bridgehead atoms. The predicted molar refractivity (Wildman–Crippen MR) is 82.9 cm³/mol. The van der Waals surface area contributed by atoms with Crippen molar-refractivity contribution in [1.29, 1.82) is 0 Å². The second kappa shape index (κ2) is 5.92. The number of nitrogens with two attached hydrogens (primary N) is 1. The summed E-state index contributed by atoms with van der Waals surface area (Å²) < 4.78 is 13.7. The van der Waals surface area contributed by atoms with Crippen molar-refractivity contribution in [2.45, 2.75) is 20.3 Å². The Labute approximate surface area is 124 Å². The molecule has 0 saturated carbocycles. The molecule has 1 atom stereocenters. The minimum absolute atomic E-state index is 0.133. The van der Waals surface area contributed by atoms with Gasteiger partial charge in [-0.3, -0.25) is 4.79 Å². The van der Waals surface area contributed by atoms with E-state index in [1.165, 1.54) is 12.1 Å². The zero-order valence-corrected chi connectivity index (χ0v) is 13.1. The quantitative estimate of drug-likeness (QED) is 0.624. The Morgan fingerprint density at radius 3 is 2.72 bits per heavy atom. The highest BCUT2D eigenvalue weighted by atomic mass is 127. The number of thiocarbonyl (C=S) groups is 1. The van der Waals surface area contributed by atoms with Crippen molar-refractivity contribution < 1.29 is 9.18 Å². The van der Waals surface area contributed by atoms with Crippen LogP contribution in [-0.4, -0.2) is 10.9 Å². The molecule has 1 aromatic carbocycles. The van der Waals surface area contributed by atoms with Gasteiger partial charge in [0.05, 0.1) is 19.7 Å². The van der Waals surface area contributed by atoms with Gasteiger partial charge >= 0.3 is 0 Å². The fraction of sp³-hybridized carbons (Fsp3) is 0.333. The molecular formula is C12H14FIN2OS. The molecule has 0 aliphatic rings. The molecule has 1 unspecified atom stereocenters. The summed E-state index contributed by atoms with van der Waals surface area (Å²) in [6.45, 7) is 3.51. The summed E-state index contributed by atoms with van der Waals surface area (Å²) in [6, 6.07) is 4.51. The van der Waals surface area contributed by atoms with E-state index in [0.29, 0.717) is 15.7 Å². The van der Waals surface area contributed by atoms with Crippen molar-refractivity contribution >= 4 is 51.4 Å². The third-order valence-electron chi connectivity index (χ3n) is 2.95. The van der Waals surface area contributed by atoms with E-state index in [-0.39, 0.29) is 16.7 Å². The first kappa shape index (κ1) is 15.3. The second-order valence-corrected chi connectivity index (χ2v) is 5.62. The molecule has 0 radical (unpaired) electrons. The van der Waals surface area contributed by atoms with Crippen LogP contribution in [0.25, 0.3) is 0 Å². The number of rotatable bonds is 4. The van der Waals surface area contributed by atoms with Gasteiger partial charge in [0, 0.05) is 0 Å². The van der Waals surface area contributed by atoms with Gasteiger partial charge in [0.15, 0.2) is 0 Å². The van der Waals surface area contributed by atoms with E-state index < -0.39 is 5.41 Å². The summed E-state index contributed by atoms with van der Waals surface area (Å²) in [7, 11) is 0. The van der Waals surface area contributed by atoms with Gasteiger partial charge in [-0.25, -0.2) is 4.39 Å². The highest BCUT2D eigenvalue weighted by molar-refractivity contribution is 14.1. The molecule has 0 saturated heterocycles. The van der Waals surface area contributed by atoms with E-state index in [1.807, 2.05) is 29.5 Å². The number of carbonyl (C=O) groups excluding carboxylic acids is 1. The van der Waals surface area contributed by atoms with Gasteiger partial charge in [0.1, 0.15) is 5.82 Å². The van der Waals surface area contributed by atoms with Crippen molar-refractivity contribution in [2.75, 3.05) is 5.32 Å². The van der Waals surface area contributed by atoms with Crippen molar-refractivity contribution in [3.05, 3.63) is 27.6 Å². The van der Waals surface area contributed by atoms with Crippen molar-refractivity contribution in [3.63, 3.8) is 0 Å². The van der Waals surface area contributed by atoms with Gasteiger partial charge in [-0.15, -0.1) is 0 Å². The normalized spacial score (nSPS) is 13.8. The van der Waals surface area contributed by atoms with Crippen LogP contribution >= 0.6 is 34.8 Å².